The van der Waals surface area contributed by atoms with Gasteiger partial charge in [0.25, 0.3) is 0 Å². The lowest BCUT2D eigenvalue weighted by molar-refractivity contribution is 0.775. The molecule has 0 aromatic heterocycles. The maximum atomic E-state index is 2.59. The van der Waals surface area contributed by atoms with Crippen molar-refractivity contribution in [1.29, 1.82) is 0 Å². The van der Waals surface area contributed by atoms with Gasteiger partial charge in [-0.1, -0.05) is 163 Å². The summed E-state index contributed by atoms with van der Waals surface area (Å²) in [6, 6.07) is 67.9. The summed E-state index contributed by atoms with van der Waals surface area (Å²) in [5.41, 5.74) is 26.2. The molecule has 0 saturated heterocycles. The minimum Gasteiger partial charge on any atom is -0.0830 e. The summed E-state index contributed by atoms with van der Waals surface area (Å²) in [7, 11) is 0. The van der Waals surface area contributed by atoms with Crippen LogP contribution in [-0.2, 0) is 18.3 Å². The Morgan fingerprint density at radius 3 is 1.68 bits per heavy atom. The largest absolute Gasteiger partial charge is 0.0830 e. The highest BCUT2D eigenvalue weighted by atomic mass is 14.5. The van der Waals surface area contributed by atoms with Crippen LogP contribution >= 0.6 is 0 Å². The van der Waals surface area contributed by atoms with Crippen LogP contribution in [0.2, 0.25) is 0 Å². The maximum absolute atomic E-state index is 2.59. The van der Waals surface area contributed by atoms with Gasteiger partial charge in [-0.2, -0.15) is 0 Å². The summed E-state index contributed by atoms with van der Waals surface area (Å²) in [4.78, 5) is 0. The summed E-state index contributed by atoms with van der Waals surface area (Å²) in [6.07, 6.45) is 7.84. The molecule has 0 saturated carbocycles. The zero-order valence-corrected chi connectivity index (χ0v) is 32.6. The molecule has 0 heterocycles. The van der Waals surface area contributed by atoms with Crippen LogP contribution in [-0.4, -0.2) is 0 Å². The Morgan fingerprint density at radius 2 is 0.949 bits per heavy atom. The molecule has 9 aromatic carbocycles. The minimum atomic E-state index is -0.449. The van der Waals surface area contributed by atoms with Gasteiger partial charge in [0.2, 0.25) is 0 Å². The fourth-order valence-electron chi connectivity index (χ4n) is 12.2. The molecule has 0 fully saturated rings. The summed E-state index contributed by atoms with van der Waals surface area (Å²) in [6.45, 7) is 0. The molecule has 274 valence electrons. The molecule has 0 aliphatic heterocycles. The third-order valence-corrected chi connectivity index (χ3v) is 14.7. The van der Waals surface area contributed by atoms with E-state index in [0.717, 1.165) is 19.3 Å². The molecule has 14 rings (SSSR count). The molecule has 0 amide bonds. The predicted molar refractivity (Wildman–Crippen MR) is 245 cm³/mol. The van der Waals surface area contributed by atoms with Gasteiger partial charge in [0.05, 0.1) is 5.41 Å². The first-order valence-corrected chi connectivity index (χ1v) is 21.3. The van der Waals surface area contributed by atoms with Gasteiger partial charge in [0.15, 0.2) is 0 Å². The number of hydrogen-bond acceptors (Lipinski definition) is 0. The van der Waals surface area contributed by atoms with Gasteiger partial charge in [-0.05, 0) is 171 Å². The normalized spacial score (nSPS) is 18.4. The zero-order chi connectivity index (χ0) is 38.4. The van der Waals surface area contributed by atoms with Gasteiger partial charge in [-0.25, -0.2) is 0 Å². The van der Waals surface area contributed by atoms with Crippen molar-refractivity contribution in [3.05, 3.63) is 244 Å². The van der Waals surface area contributed by atoms with Gasteiger partial charge in [-0.3, -0.25) is 0 Å². The Labute approximate surface area is 344 Å². The fraction of sp³-hybridized carbons (Fsp3) is 0.0847. The second-order valence-corrected chi connectivity index (χ2v) is 17.4. The lowest BCUT2D eigenvalue weighted by atomic mass is 9.69. The van der Waals surface area contributed by atoms with Gasteiger partial charge in [0.1, 0.15) is 0 Å². The summed E-state index contributed by atoms with van der Waals surface area (Å²) >= 11 is 0. The van der Waals surface area contributed by atoms with Crippen molar-refractivity contribution in [3.63, 3.8) is 0 Å². The first-order chi connectivity index (χ1) is 29.2. The highest BCUT2D eigenvalue weighted by Crippen LogP contribution is 2.64. The third kappa shape index (κ3) is 4.18. The SMILES string of the molecule is C1=CC2=C(Cc3ccccc32)C(c2ccc3c(c2)-c2cc4ccccc4cc2C32c3ccc(-c4cccc5c4Cc4ccccc4-5)cc3-c3cc4ccccc4cc32)C1. The van der Waals surface area contributed by atoms with E-state index in [2.05, 4.69) is 188 Å². The quantitative estimate of drug-likeness (QED) is 0.165. The van der Waals surface area contributed by atoms with Crippen molar-refractivity contribution in [2.45, 2.75) is 30.6 Å². The zero-order valence-electron chi connectivity index (χ0n) is 32.6. The highest BCUT2D eigenvalue weighted by Gasteiger charge is 2.52. The van der Waals surface area contributed by atoms with E-state index in [4.69, 9.17) is 0 Å². The van der Waals surface area contributed by atoms with Crippen LogP contribution in [0.3, 0.4) is 0 Å². The smallest absolute Gasteiger partial charge is 0.0725 e. The van der Waals surface area contributed by atoms with Crippen molar-refractivity contribution in [2.75, 3.05) is 0 Å². The summed E-state index contributed by atoms with van der Waals surface area (Å²) < 4.78 is 0. The molecule has 9 aromatic rings. The van der Waals surface area contributed by atoms with E-state index in [9.17, 15) is 0 Å². The maximum Gasteiger partial charge on any atom is 0.0725 e. The molecule has 1 spiro atoms. The van der Waals surface area contributed by atoms with E-state index >= 15 is 0 Å². The van der Waals surface area contributed by atoms with Crippen LogP contribution in [0.1, 0.15) is 62.4 Å². The molecular formula is C59H38. The van der Waals surface area contributed by atoms with E-state index in [0.29, 0.717) is 5.92 Å². The molecule has 0 heteroatoms. The molecule has 0 nitrogen and oxygen atoms in total. The molecule has 0 radical (unpaired) electrons. The average molecular weight is 747 g/mol. The molecular weight excluding hydrogens is 709 g/mol. The third-order valence-electron chi connectivity index (χ3n) is 14.7. The number of fused-ring (bicyclic) bond motifs is 17. The van der Waals surface area contributed by atoms with Crippen molar-refractivity contribution < 1.29 is 0 Å². The van der Waals surface area contributed by atoms with E-state index in [1.54, 1.807) is 5.57 Å². The molecule has 59 heavy (non-hydrogen) atoms. The topological polar surface area (TPSA) is 0 Å². The first-order valence-electron chi connectivity index (χ1n) is 21.3. The summed E-state index contributed by atoms with van der Waals surface area (Å²) in [5, 5.41) is 5.16. The number of benzene rings is 9. The van der Waals surface area contributed by atoms with Gasteiger partial charge < -0.3 is 0 Å². The lowest BCUT2D eigenvalue weighted by Crippen LogP contribution is -2.26. The minimum absolute atomic E-state index is 0.363. The molecule has 2 atom stereocenters. The van der Waals surface area contributed by atoms with Crippen LogP contribution < -0.4 is 0 Å². The van der Waals surface area contributed by atoms with E-state index < -0.39 is 5.41 Å². The predicted octanol–water partition coefficient (Wildman–Crippen LogP) is 14.6. The summed E-state index contributed by atoms with van der Waals surface area (Å²) in [5.74, 6) is 0.363. The average Bonchev–Trinajstić information content (AvgIpc) is 4.02. The van der Waals surface area contributed by atoms with Gasteiger partial charge in [0, 0.05) is 5.92 Å². The van der Waals surface area contributed by atoms with Crippen LogP contribution in [0.25, 0.3) is 71.6 Å². The number of hydrogen-bond donors (Lipinski definition) is 0. The number of allylic oxidation sites excluding steroid dienone is 4. The second-order valence-electron chi connectivity index (χ2n) is 17.4. The Hall–Kier alpha value is -7.02. The second kappa shape index (κ2) is 11.6. The lowest BCUT2D eigenvalue weighted by Gasteiger charge is -2.31. The Bertz CT molecular complexity index is 3420. The van der Waals surface area contributed by atoms with Crippen LogP contribution in [0, 0.1) is 0 Å². The van der Waals surface area contributed by atoms with Crippen molar-refractivity contribution in [1.82, 2.24) is 0 Å². The van der Waals surface area contributed by atoms with E-state index in [1.165, 1.54) is 122 Å². The standard InChI is InChI=1S/C59H38/c1-3-13-37-33-57-53(27-35(37)11-1)51-31-41(45-19-9-21-47-43-17-7-5-15-39(43)29-49(45)47)23-25-55(51)59(57)56-26-24-42(32-52(56)54-28-36-12-2-4-14-38(36)34-58(54)59)46-20-10-22-48-44-18-8-6-16-40(44)30-50(46)48/h1-19,21-28,31-34,46H,20,29-30H2. The fourth-order valence-corrected chi connectivity index (χ4v) is 12.2. The van der Waals surface area contributed by atoms with Crippen molar-refractivity contribution in [3.8, 4) is 44.5 Å². The Balaban J connectivity index is 1.02. The van der Waals surface area contributed by atoms with Crippen LogP contribution in [0.5, 0.6) is 0 Å². The van der Waals surface area contributed by atoms with Gasteiger partial charge >= 0.3 is 0 Å². The number of rotatable bonds is 2. The van der Waals surface area contributed by atoms with Gasteiger partial charge in [-0.15, -0.1) is 0 Å². The Kier molecular flexibility index (Phi) is 6.27. The molecule has 0 bridgehead atoms. The molecule has 2 unspecified atom stereocenters. The first kappa shape index (κ1) is 32.0. The van der Waals surface area contributed by atoms with E-state index in [1.807, 2.05) is 0 Å². The highest BCUT2D eigenvalue weighted by molar-refractivity contribution is 6.03. The van der Waals surface area contributed by atoms with Crippen LogP contribution in [0.4, 0.5) is 0 Å². The van der Waals surface area contributed by atoms with Crippen LogP contribution in [0.15, 0.2) is 194 Å². The van der Waals surface area contributed by atoms with Crippen molar-refractivity contribution >= 4 is 27.1 Å². The molecule has 5 aliphatic carbocycles. The molecule has 5 aliphatic rings. The van der Waals surface area contributed by atoms with E-state index in [-0.39, 0.29) is 0 Å². The Morgan fingerprint density at radius 1 is 0.390 bits per heavy atom. The monoisotopic (exact) mass is 746 g/mol. The van der Waals surface area contributed by atoms with Crippen molar-refractivity contribution in [2.24, 2.45) is 0 Å². The molecule has 0 N–H and O–H groups in total.